The highest BCUT2D eigenvalue weighted by Gasteiger charge is 2.33. The Morgan fingerprint density at radius 1 is 1.10 bits per heavy atom. The number of hydrogen-bond acceptors (Lipinski definition) is 6. The zero-order valence-electron chi connectivity index (χ0n) is 16.2. The molecule has 2 aromatic carbocycles. The van der Waals surface area contributed by atoms with Gasteiger partial charge in [-0.3, -0.25) is 14.5 Å². The first-order chi connectivity index (χ1) is 14.6. The summed E-state index contributed by atoms with van der Waals surface area (Å²) in [5, 5.41) is 0. The average molecular weight is 441 g/mol. The quantitative estimate of drug-likeness (QED) is 0.525. The van der Waals surface area contributed by atoms with Crippen molar-refractivity contribution in [3.05, 3.63) is 65.1 Å². The van der Waals surface area contributed by atoms with E-state index >= 15 is 0 Å². The van der Waals surface area contributed by atoms with Crippen molar-refractivity contribution in [1.29, 1.82) is 0 Å². The van der Waals surface area contributed by atoms with Gasteiger partial charge in [0.1, 0.15) is 5.75 Å². The van der Waals surface area contributed by atoms with Crippen LogP contribution in [0.3, 0.4) is 0 Å². The summed E-state index contributed by atoms with van der Waals surface area (Å²) in [5.74, 6) is 0.294. The predicted molar refractivity (Wildman–Crippen MR) is 121 cm³/mol. The van der Waals surface area contributed by atoms with Crippen LogP contribution in [0.2, 0.25) is 0 Å². The molecular weight excluding hydrogens is 420 g/mol. The molecule has 0 unspecified atom stereocenters. The fourth-order valence-electron chi connectivity index (χ4n) is 3.18. The van der Waals surface area contributed by atoms with E-state index in [4.69, 9.17) is 21.7 Å². The number of carbonyl (C=O) groups excluding carboxylic acids is 2. The molecule has 2 aliphatic rings. The normalized spacial score (nSPS) is 18.2. The van der Waals surface area contributed by atoms with Gasteiger partial charge in [-0.2, -0.15) is 0 Å². The number of para-hydroxylation sites is 2. The molecule has 0 aromatic heterocycles. The largest absolute Gasteiger partial charge is 0.483 e. The predicted octanol–water partition coefficient (Wildman–Crippen LogP) is 3.33. The monoisotopic (exact) mass is 440 g/mol. The molecule has 2 aromatic rings. The summed E-state index contributed by atoms with van der Waals surface area (Å²) in [6.07, 6.45) is 1.76. The minimum atomic E-state index is -0.171. The van der Waals surface area contributed by atoms with Gasteiger partial charge in [0, 0.05) is 18.7 Å². The van der Waals surface area contributed by atoms with Gasteiger partial charge in [0.25, 0.3) is 11.8 Å². The molecule has 0 spiro atoms. The third-order valence-corrected chi connectivity index (χ3v) is 6.03. The Bertz CT molecular complexity index is 988. The van der Waals surface area contributed by atoms with Crippen molar-refractivity contribution >= 4 is 51.9 Å². The third-order valence-electron chi connectivity index (χ3n) is 4.73. The number of rotatable bonds is 5. The third kappa shape index (κ3) is 4.56. The number of ether oxygens (including phenoxy) is 2. The van der Waals surface area contributed by atoms with Crippen LogP contribution in [-0.2, 0) is 14.3 Å². The van der Waals surface area contributed by atoms with E-state index in [1.165, 1.54) is 16.7 Å². The lowest BCUT2D eigenvalue weighted by Crippen LogP contribution is -2.43. The highest BCUT2D eigenvalue weighted by Crippen LogP contribution is 2.37. The fraction of sp³-hybridized carbons (Fsp3) is 0.227. The molecule has 6 nitrogen and oxygen atoms in total. The zero-order valence-corrected chi connectivity index (χ0v) is 17.8. The molecule has 0 saturated carbocycles. The summed E-state index contributed by atoms with van der Waals surface area (Å²) >= 11 is 6.67. The molecule has 0 bridgehead atoms. The lowest BCUT2D eigenvalue weighted by Gasteiger charge is -2.26. The maximum Gasteiger partial charge on any atom is 0.270 e. The number of carbonyl (C=O) groups is 2. The first-order valence-electron chi connectivity index (χ1n) is 9.54. The smallest absolute Gasteiger partial charge is 0.270 e. The van der Waals surface area contributed by atoms with E-state index in [-0.39, 0.29) is 18.4 Å². The molecule has 2 fully saturated rings. The molecule has 2 amide bonds. The second kappa shape index (κ2) is 9.42. The van der Waals surface area contributed by atoms with Gasteiger partial charge in [0.15, 0.2) is 10.9 Å². The molecule has 0 aliphatic carbocycles. The van der Waals surface area contributed by atoms with Crippen LogP contribution in [0.25, 0.3) is 6.08 Å². The van der Waals surface area contributed by atoms with Crippen LogP contribution < -0.4 is 9.64 Å². The summed E-state index contributed by atoms with van der Waals surface area (Å²) in [5.41, 5.74) is 1.46. The molecular formula is C22H20N2O4S2. The second-order valence-electron chi connectivity index (χ2n) is 6.67. The van der Waals surface area contributed by atoms with Gasteiger partial charge >= 0.3 is 0 Å². The van der Waals surface area contributed by atoms with Crippen molar-refractivity contribution in [3.63, 3.8) is 0 Å². The van der Waals surface area contributed by atoms with E-state index in [2.05, 4.69) is 0 Å². The maximum absolute atomic E-state index is 12.9. The maximum atomic E-state index is 12.9. The molecule has 4 rings (SSSR count). The molecule has 2 aliphatic heterocycles. The van der Waals surface area contributed by atoms with Crippen LogP contribution in [0, 0.1) is 0 Å². The number of nitrogens with zero attached hydrogens (tertiary/aromatic N) is 2. The Morgan fingerprint density at radius 3 is 2.57 bits per heavy atom. The highest BCUT2D eigenvalue weighted by molar-refractivity contribution is 8.27. The van der Waals surface area contributed by atoms with Crippen LogP contribution in [0.4, 0.5) is 5.69 Å². The number of thiocarbonyl (C=S) groups is 1. The van der Waals surface area contributed by atoms with Crippen molar-refractivity contribution in [2.24, 2.45) is 0 Å². The van der Waals surface area contributed by atoms with E-state index in [1.54, 1.807) is 17.0 Å². The van der Waals surface area contributed by atoms with Gasteiger partial charge in [0.05, 0.1) is 23.8 Å². The topological polar surface area (TPSA) is 59.1 Å². The van der Waals surface area contributed by atoms with E-state index in [9.17, 15) is 9.59 Å². The van der Waals surface area contributed by atoms with Crippen LogP contribution >= 0.6 is 24.0 Å². The zero-order chi connectivity index (χ0) is 20.9. The van der Waals surface area contributed by atoms with Gasteiger partial charge in [-0.25, -0.2) is 0 Å². The Balaban J connectivity index is 1.49. The van der Waals surface area contributed by atoms with Gasteiger partial charge in [0.2, 0.25) is 0 Å². The Hall–Kier alpha value is -2.68. The summed E-state index contributed by atoms with van der Waals surface area (Å²) in [7, 11) is 0. The molecule has 0 radical (unpaired) electrons. The lowest BCUT2D eigenvalue weighted by molar-refractivity contribution is -0.137. The number of anilines is 1. The minimum absolute atomic E-state index is 0.0597. The number of morpholine rings is 1. The molecule has 0 atom stereocenters. The second-order valence-corrected chi connectivity index (χ2v) is 8.35. The van der Waals surface area contributed by atoms with E-state index < -0.39 is 0 Å². The number of thioether (sulfide) groups is 1. The summed E-state index contributed by atoms with van der Waals surface area (Å²) in [6.45, 7) is 2.19. The van der Waals surface area contributed by atoms with Crippen molar-refractivity contribution in [1.82, 2.24) is 4.90 Å². The Kier molecular flexibility index (Phi) is 6.47. The van der Waals surface area contributed by atoms with Crippen LogP contribution in [0.15, 0.2) is 59.5 Å². The molecule has 2 heterocycles. The van der Waals surface area contributed by atoms with Crippen LogP contribution in [0.5, 0.6) is 5.75 Å². The summed E-state index contributed by atoms with van der Waals surface area (Å²) < 4.78 is 11.6. The average Bonchev–Trinajstić information content (AvgIpc) is 3.07. The first kappa shape index (κ1) is 20.6. The van der Waals surface area contributed by atoms with Gasteiger partial charge in [-0.05, 0) is 24.3 Å². The fourth-order valence-corrected chi connectivity index (χ4v) is 4.47. The lowest BCUT2D eigenvalue weighted by atomic mass is 10.2. The van der Waals surface area contributed by atoms with Crippen molar-refractivity contribution in [2.75, 3.05) is 37.8 Å². The van der Waals surface area contributed by atoms with Crippen LogP contribution in [0.1, 0.15) is 5.56 Å². The van der Waals surface area contributed by atoms with Crippen molar-refractivity contribution < 1.29 is 19.1 Å². The SMILES string of the molecule is O=C(COc1ccccc1/C=C1\SC(=S)N(c2ccccc2)C1=O)N1CCOCC1. The van der Waals surface area contributed by atoms with E-state index in [0.29, 0.717) is 41.3 Å². The molecule has 154 valence electrons. The first-order valence-corrected chi connectivity index (χ1v) is 10.8. The molecule has 8 heteroatoms. The van der Waals surface area contributed by atoms with Gasteiger partial charge in [-0.15, -0.1) is 0 Å². The Morgan fingerprint density at radius 2 is 1.80 bits per heavy atom. The number of amides is 2. The number of benzene rings is 2. The number of hydrogen-bond donors (Lipinski definition) is 0. The minimum Gasteiger partial charge on any atom is -0.483 e. The van der Waals surface area contributed by atoms with Gasteiger partial charge < -0.3 is 14.4 Å². The van der Waals surface area contributed by atoms with Crippen molar-refractivity contribution in [2.45, 2.75) is 0 Å². The molecule has 30 heavy (non-hydrogen) atoms. The highest BCUT2D eigenvalue weighted by atomic mass is 32.2. The molecule has 2 saturated heterocycles. The Labute approximate surface area is 184 Å². The van der Waals surface area contributed by atoms with Gasteiger partial charge in [-0.1, -0.05) is 60.4 Å². The molecule has 0 N–H and O–H groups in total. The van der Waals surface area contributed by atoms with Crippen LogP contribution in [-0.4, -0.2) is 53.9 Å². The summed E-state index contributed by atoms with van der Waals surface area (Å²) in [4.78, 5) is 29.1. The summed E-state index contributed by atoms with van der Waals surface area (Å²) in [6, 6.07) is 16.7. The van der Waals surface area contributed by atoms with E-state index in [1.807, 2.05) is 48.5 Å². The van der Waals surface area contributed by atoms with E-state index in [0.717, 1.165) is 11.3 Å². The standard InChI is InChI=1S/C22H20N2O4S2/c25-20(23-10-12-27-13-11-23)15-28-18-9-5-4-6-16(18)14-19-21(26)24(22(29)30-19)17-7-2-1-3-8-17/h1-9,14H,10-13,15H2/b19-14-. The van der Waals surface area contributed by atoms with Crippen molar-refractivity contribution in [3.8, 4) is 5.75 Å².